The number of allylic oxidation sites excluding steroid dienone is 1. The van der Waals surface area contributed by atoms with E-state index >= 15 is 0 Å². The van der Waals surface area contributed by atoms with Crippen molar-refractivity contribution < 1.29 is 78.7 Å². The van der Waals surface area contributed by atoms with E-state index in [1.807, 2.05) is 66.5 Å². The number of hydrogen-bond acceptors (Lipinski definition) is 19. The fourth-order valence-electron chi connectivity index (χ4n) is 10.9. The number of benzene rings is 6. The van der Waals surface area contributed by atoms with Crippen molar-refractivity contribution in [3.8, 4) is 46.3 Å². The Hall–Kier alpha value is -8.91. The molecule has 6 atom stereocenters. The lowest BCUT2D eigenvalue weighted by Crippen LogP contribution is -2.56. The van der Waals surface area contributed by atoms with Crippen molar-refractivity contribution in [3.63, 3.8) is 0 Å². The Balaban J connectivity index is 0.756. The van der Waals surface area contributed by atoms with Crippen LogP contribution in [0.4, 0.5) is 0 Å². The minimum Gasteiger partial charge on any atom is -0.508 e. The molecule has 1 amide bonds. The molecular weight excluding hydrogens is 1090 g/mol. The highest BCUT2D eigenvalue weighted by molar-refractivity contribution is 6.31. The Bertz CT molecular complexity index is 3600. The number of aliphatic hydroxyl groups is 3. The molecular formula is C65H66N4O16. The number of nitrogens with one attached hydrogen (secondary N) is 2. The van der Waals surface area contributed by atoms with Gasteiger partial charge in [-0.3, -0.25) is 29.4 Å². The summed E-state index contributed by atoms with van der Waals surface area (Å²) in [5, 5.41) is 86.6. The first-order valence-electron chi connectivity index (χ1n) is 27.6. The van der Waals surface area contributed by atoms with Gasteiger partial charge in [-0.2, -0.15) is 0 Å². The number of oxime groups is 1. The minimum absolute atomic E-state index is 0.0144. The Morgan fingerprint density at radius 2 is 1.59 bits per heavy atom. The Labute approximate surface area is 490 Å². The number of carbonyl (C=O) groups is 4. The molecule has 0 unspecified atom stereocenters. The molecule has 20 heteroatoms. The summed E-state index contributed by atoms with van der Waals surface area (Å²) in [7, 11) is 3.23. The van der Waals surface area contributed by atoms with Crippen molar-refractivity contribution in [1.29, 1.82) is 0 Å². The molecule has 0 radical (unpaired) electrons. The molecule has 0 aromatic heterocycles. The van der Waals surface area contributed by atoms with E-state index in [2.05, 4.69) is 46.7 Å². The van der Waals surface area contributed by atoms with E-state index < -0.39 is 102 Å². The van der Waals surface area contributed by atoms with Crippen molar-refractivity contribution in [3.05, 3.63) is 176 Å². The molecule has 85 heavy (non-hydrogen) atoms. The average Bonchev–Trinajstić information content (AvgIpc) is 1.00. The van der Waals surface area contributed by atoms with E-state index in [-0.39, 0.29) is 64.8 Å². The van der Waals surface area contributed by atoms with Crippen LogP contribution in [0.5, 0.6) is 34.5 Å². The van der Waals surface area contributed by atoms with Crippen LogP contribution in [-0.2, 0) is 25.5 Å². The van der Waals surface area contributed by atoms with Gasteiger partial charge < -0.3 is 64.8 Å². The van der Waals surface area contributed by atoms with Crippen LogP contribution in [0, 0.1) is 11.8 Å². The average molecular weight is 1160 g/mol. The summed E-state index contributed by atoms with van der Waals surface area (Å²) in [5.41, 5.74) is 1.62. The number of amides is 1. The molecule has 6 aromatic carbocycles. The summed E-state index contributed by atoms with van der Waals surface area (Å²) in [6.07, 6.45) is -4.02. The quantitative estimate of drug-likeness (QED) is 0.00740. The van der Waals surface area contributed by atoms with Crippen LogP contribution in [0.1, 0.15) is 115 Å². The van der Waals surface area contributed by atoms with Crippen LogP contribution >= 0.6 is 0 Å². The molecule has 6 aromatic rings. The number of Topliss-reactive ketones (excluding diaryl/α,β-unsaturated/α-hetero) is 1. The van der Waals surface area contributed by atoms with Crippen LogP contribution in [0.2, 0.25) is 0 Å². The van der Waals surface area contributed by atoms with E-state index in [0.29, 0.717) is 25.3 Å². The fraction of sp³-hybridized carbons (Fsp3) is 0.308. The largest absolute Gasteiger partial charge is 0.508 e. The number of carbonyl (C=O) groups excluding carboxylic acids is 4. The SMILES string of the molecule is CC/C(=C(/c1ccc(O)cc1)c1ccc(OCCN(C)CC#CCO/N=C/c2ccc(O)c(C(=O)NCN[C@H]3C[C@H](O[C@H]4C[C@](O)(C(=O)CO)Cc5c(O)c6c(c(O)c54)C(=O)c4c(OC)cccc4C6=O)O[C@@H](C)[C@H]3O)c2)cc1)c1ccccc1. The maximum Gasteiger partial charge on any atom is 0.256 e. The van der Waals surface area contributed by atoms with Crippen molar-refractivity contribution >= 4 is 40.6 Å². The van der Waals surface area contributed by atoms with Crippen LogP contribution in [0.25, 0.3) is 11.1 Å². The van der Waals surface area contributed by atoms with Gasteiger partial charge in [-0.1, -0.05) is 90.7 Å². The fourth-order valence-corrected chi connectivity index (χ4v) is 10.9. The third-order valence-corrected chi connectivity index (χ3v) is 15.3. The summed E-state index contributed by atoms with van der Waals surface area (Å²) in [6, 6.07) is 33.2. The first-order valence-corrected chi connectivity index (χ1v) is 27.6. The number of methoxy groups -OCH3 is 1. The van der Waals surface area contributed by atoms with Gasteiger partial charge in [0, 0.05) is 48.5 Å². The smallest absolute Gasteiger partial charge is 0.256 e. The maximum absolute atomic E-state index is 14.1. The molecule has 1 fully saturated rings. The normalized spacial score (nSPS) is 20.1. The predicted molar refractivity (Wildman–Crippen MR) is 313 cm³/mol. The van der Waals surface area contributed by atoms with Gasteiger partial charge in [-0.15, -0.1) is 0 Å². The molecule has 1 aliphatic heterocycles. The number of fused-ring (bicyclic) bond motifs is 3. The summed E-state index contributed by atoms with van der Waals surface area (Å²) >= 11 is 0. The van der Waals surface area contributed by atoms with Crippen LogP contribution in [-0.4, -0.2) is 154 Å². The Kier molecular flexibility index (Phi) is 19.1. The number of likely N-dealkylation sites (N-methyl/N-ethyl adjacent to an activating group) is 1. The molecule has 0 spiro atoms. The number of ketones is 3. The Morgan fingerprint density at radius 1 is 0.871 bits per heavy atom. The number of hydrogen-bond donors (Lipinski definition) is 9. The van der Waals surface area contributed by atoms with E-state index in [0.717, 1.165) is 34.4 Å². The van der Waals surface area contributed by atoms with E-state index in [4.69, 9.17) is 23.8 Å². The summed E-state index contributed by atoms with van der Waals surface area (Å²) < 4.78 is 23.7. The summed E-state index contributed by atoms with van der Waals surface area (Å²) in [6.45, 7) is 3.82. The zero-order valence-electron chi connectivity index (χ0n) is 47.2. The molecule has 9 N–H and O–H groups in total. The molecule has 3 aliphatic rings. The third-order valence-electron chi connectivity index (χ3n) is 15.3. The zero-order valence-corrected chi connectivity index (χ0v) is 47.2. The molecule has 2 aliphatic carbocycles. The molecule has 1 saturated heterocycles. The molecule has 9 rings (SSSR count). The first-order chi connectivity index (χ1) is 40.9. The lowest BCUT2D eigenvalue weighted by atomic mass is 9.72. The monoisotopic (exact) mass is 1160 g/mol. The van der Waals surface area contributed by atoms with Crippen LogP contribution in [0.3, 0.4) is 0 Å². The maximum atomic E-state index is 14.1. The summed E-state index contributed by atoms with van der Waals surface area (Å²) in [4.78, 5) is 61.8. The number of ether oxygens (including phenoxy) is 4. The Morgan fingerprint density at radius 3 is 2.29 bits per heavy atom. The number of aliphatic hydroxyl groups excluding tert-OH is 2. The highest BCUT2D eigenvalue weighted by atomic mass is 16.7. The van der Waals surface area contributed by atoms with Crippen molar-refractivity contribution in [2.75, 3.05) is 53.7 Å². The number of rotatable bonds is 21. The second kappa shape index (κ2) is 26.8. The highest BCUT2D eigenvalue weighted by Crippen LogP contribution is 2.53. The van der Waals surface area contributed by atoms with Crippen LogP contribution in [0.15, 0.2) is 120 Å². The van der Waals surface area contributed by atoms with Gasteiger partial charge in [0.1, 0.15) is 53.3 Å². The van der Waals surface area contributed by atoms with Crippen molar-refractivity contribution in [2.24, 2.45) is 5.16 Å². The third kappa shape index (κ3) is 13.2. The van der Waals surface area contributed by atoms with Crippen LogP contribution < -0.4 is 20.1 Å². The van der Waals surface area contributed by atoms with Crippen molar-refractivity contribution in [1.82, 2.24) is 15.5 Å². The second-order valence-corrected chi connectivity index (χ2v) is 20.9. The second-order valence-electron chi connectivity index (χ2n) is 20.9. The number of phenols is 4. The molecule has 0 bridgehead atoms. The topological polar surface area (TPSA) is 296 Å². The van der Waals surface area contributed by atoms with E-state index in [9.17, 15) is 54.9 Å². The molecule has 1 heterocycles. The zero-order chi connectivity index (χ0) is 60.5. The molecule has 0 saturated carbocycles. The molecule has 20 nitrogen and oxygen atoms in total. The van der Waals surface area contributed by atoms with E-state index in [1.54, 1.807) is 19.1 Å². The number of nitrogens with zero attached hydrogens (tertiary/aromatic N) is 2. The lowest BCUT2D eigenvalue weighted by Gasteiger charge is -2.43. The van der Waals surface area contributed by atoms with Gasteiger partial charge in [0.25, 0.3) is 5.91 Å². The van der Waals surface area contributed by atoms with Gasteiger partial charge in [-0.25, -0.2) is 0 Å². The van der Waals surface area contributed by atoms with E-state index in [1.165, 1.54) is 55.3 Å². The number of aromatic hydroxyl groups is 4. The summed E-state index contributed by atoms with van der Waals surface area (Å²) in [5.74, 6) is 1.74. The van der Waals surface area contributed by atoms with Crippen molar-refractivity contribution in [2.45, 2.75) is 75.8 Å². The van der Waals surface area contributed by atoms with Gasteiger partial charge in [-0.05, 0) is 102 Å². The van der Waals surface area contributed by atoms with Gasteiger partial charge >= 0.3 is 0 Å². The minimum atomic E-state index is -2.37. The van der Waals surface area contributed by atoms with Gasteiger partial charge in [0.05, 0.1) is 67.1 Å². The standard InChI is InChI=1S/C65H66N4O16/c1-5-44(39-12-7-6-8-13-39)54(40-17-21-42(71)22-18-40)41-19-23-43(24-20-41)82-29-27-69(3)26-9-10-28-83-68-34-38-16-25-49(72)46(30-38)64(79)67-36-66-48-31-53(84-37(2)59(48)74)85-51-33-65(80,52(73)35-70)32-47-56(51)63(78)58-57(61(47)76)60(75)45-14-11-15-50(81-4)55(45)62(58)77/h6-8,11-25,30,34,37,48,51,53,59,66,70-72,74,76,78,80H,5,26-29,31-33,35-36H2,1-4H3,(H,67,79)/b54-44+,68-34+/t37-,48-,51-,53-,59+,65-/m0/s1. The predicted octanol–water partition coefficient (Wildman–Crippen LogP) is 6.16. The van der Waals surface area contributed by atoms with Gasteiger partial charge in [0.15, 0.2) is 24.5 Å². The molecule has 442 valence electrons. The number of phenolic OH excluding ortho intramolecular Hbond substituents is 4. The van der Waals surface area contributed by atoms with Gasteiger partial charge in [0.2, 0.25) is 5.78 Å². The highest BCUT2D eigenvalue weighted by Gasteiger charge is 2.50. The first kappa shape index (κ1) is 60.7. The lowest BCUT2D eigenvalue weighted by molar-refractivity contribution is -0.249.